The summed E-state index contributed by atoms with van der Waals surface area (Å²) >= 11 is 0. The van der Waals surface area contributed by atoms with Crippen LogP contribution in [-0.4, -0.2) is 29.6 Å². The van der Waals surface area contributed by atoms with Crippen LogP contribution in [-0.2, 0) is 9.59 Å². The fourth-order valence-electron chi connectivity index (χ4n) is 1.15. The lowest BCUT2D eigenvalue weighted by Gasteiger charge is -2.18. The predicted molar refractivity (Wildman–Crippen MR) is 57.2 cm³/mol. The Morgan fingerprint density at radius 1 is 1.33 bits per heavy atom. The van der Waals surface area contributed by atoms with Gasteiger partial charge in [-0.25, -0.2) is 4.79 Å². The van der Waals surface area contributed by atoms with E-state index in [1.807, 2.05) is 6.92 Å². The number of carboxylic acids is 1. The topological polar surface area (TPSA) is 92.4 Å². The summed E-state index contributed by atoms with van der Waals surface area (Å²) in [7, 11) is 0. The molecule has 0 rings (SSSR count). The summed E-state index contributed by atoms with van der Waals surface area (Å²) in [5.74, 6) is -1.31. The van der Waals surface area contributed by atoms with Gasteiger partial charge in [0.25, 0.3) is 0 Å². The Morgan fingerprint density at radius 2 is 1.87 bits per heavy atom. The number of aliphatic carboxylic acids is 1. The molecule has 5 heteroatoms. The number of amides is 1. The summed E-state index contributed by atoms with van der Waals surface area (Å²) in [4.78, 5) is 22.2. The fraction of sp³-hybridized carbons (Fsp3) is 0.800. The Bertz CT molecular complexity index is 229. The van der Waals surface area contributed by atoms with Gasteiger partial charge < -0.3 is 16.2 Å². The van der Waals surface area contributed by atoms with E-state index in [0.29, 0.717) is 6.54 Å². The van der Waals surface area contributed by atoms with E-state index in [9.17, 15) is 9.59 Å². The number of nitrogens with two attached hydrogens (primary N) is 1. The van der Waals surface area contributed by atoms with Gasteiger partial charge in [-0.15, -0.1) is 0 Å². The zero-order chi connectivity index (χ0) is 12.0. The van der Waals surface area contributed by atoms with Crippen LogP contribution in [0.2, 0.25) is 0 Å². The molecule has 0 spiro atoms. The number of carboxylic acid groups (broad SMARTS) is 1. The zero-order valence-corrected chi connectivity index (χ0v) is 9.49. The van der Waals surface area contributed by atoms with Gasteiger partial charge in [0.1, 0.15) is 6.04 Å². The number of carbonyl (C=O) groups is 2. The molecule has 0 radical (unpaired) electrons. The summed E-state index contributed by atoms with van der Waals surface area (Å²) in [6, 6.07) is -0.817. The van der Waals surface area contributed by atoms with Gasteiger partial charge in [0, 0.05) is 6.42 Å². The van der Waals surface area contributed by atoms with E-state index in [1.54, 1.807) is 13.8 Å². The lowest BCUT2D eigenvalue weighted by molar-refractivity contribution is -0.143. The van der Waals surface area contributed by atoms with Crippen LogP contribution in [0.1, 0.15) is 27.2 Å². The van der Waals surface area contributed by atoms with Crippen molar-refractivity contribution in [2.24, 2.45) is 17.6 Å². The normalized spacial score (nSPS) is 14.7. The maximum absolute atomic E-state index is 11.4. The molecule has 0 aliphatic heterocycles. The summed E-state index contributed by atoms with van der Waals surface area (Å²) in [6.07, 6.45) is 0.271. The van der Waals surface area contributed by atoms with Crippen molar-refractivity contribution in [3.05, 3.63) is 0 Å². The van der Waals surface area contributed by atoms with Gasteiger partial charge in [-0.05, 0) is 18.4 Å². The third-order valence-electron chi connectivity index (χ3n) is 2.19. The molecular formula is C10H20N2O3. The number of hydrogen-bond acceptors (Lipinski definition) is 3. The third-order valence-corrected chi connectivity index (χ3v) is 2.19. The summed E-state index contributed by atoms with van der Waals surface area (Å²) in [5.41, 5.74) is 5.37. The SMILES string of the molecule is CC(CN)CC(=O)NC(C(=O)O)C(C)C. The van der Waals surface area contributed by atoms with Crippen molar-refractivity contribution in [1.82, 2.24) is 5.32 Å². The summed E-state index contributed by atoms with van der Waals surface area (Å²) in [6.45, 7) is 5.79. The van der Waals surface area contributed by atoms with Crippen LogP contribution in [0.25, 0.3) is 0 Å². The van der Waals surface area contributed by atoms with Crippen LogP contribution in [0.3, 0.4) is 0 Å². The van der Waals surface area contributed by atoms with Crippen molar-refractivity contribution in [2.75, 3.05) is 6.54 Å². The quantitative estimate of drug-likeness (QED) is 0.591. The van der Waals surface area contributed by atoms with Gasteiger partial charge >= 0.3 is 5.97 Å². The second-order valence-electron chi connectivity index (χ2n) is 4.17. The molecule has 5 nitrogen and oxygen atoms in total. The van der Waals surface area contributed by atoms with Crippen LogP contribution in [0.4, 0.5) is 0 Å². The maximum atomic E-state index is 11.4. The number of carbonyl (C=O) groups excluding carboxylic acids is 1. The Labute approximate surface area is 90.0 Å². The monoisotopic (exact) mass is 216 g/mol. The molecule has 88 valence electrons. The molecule has 0 saturated heterocycles. The molecule has 0 aromatic heterocycles. The average molecular weight is 216 g/mol. The molecular weight excluding hydrogens is 196 g/mol. The molecule has 2 atom stereocenters. The largest absolute Gasteiger partial charge is 0.480 e. The highest BCUT2D eigenvalue weighted by molar-refractivity contribution is 5.83. The smallest absolute Gasteiger partial charge is 0.326 e. The van der Waals surface area contributed by atoms with Crippen molar-refractivity contribution < 1.29 is 14.7 Å². The standard InChI is InChI=1S/C10H20N2O3/c1-6(2)9(10(14)15)12-8(13)4-7(3)5-11/h6-7,9H,4-5,11H2,1-3H3,(H,12,13)(H,14,15). The van der Waals surface area contributed by atoms with Crippen LogP contribution in [0.15, 0.2) is 0 Å². The second-order valence-corrected chi connectivity index (χ2v) is 4.17. The van der Waals surface area contributed by atoms with Crippen LogP contribution in [0.5, 0.6) is 0 Å². The van der Waals surface area contributed by atoms with E-state index in [2.05, 4.69) is 5.32 Å². The highest BCUT2D eigenvalue weighted by atomic mass is 16.4. The zero-order valence-electron chi connectivity index (χ0n) is 9.49. The van der Waals surface area contributed by atoms with E-state index >= 15 is 0 Å². The Morgan fingerprint density at radius 3 is 2.20 bits per heavy atom. The molecule has 0 fully saturated rings. The summed E-state index contributed by atoms with van der Waals surface area (Å²) < 4.78 is 0. The average Bonchev–Trinajstić information content (AvgIpc) is 2.12. The van der Waals surface area contributed by atoms with Gasteiger partial charge in [-0.2, -0.15) is 0 Å². The number of nitrogens with one attached hydrogen (secondary N) is 1. The van der Waals surface area contributed by atoms with Crippen molar-refractivity contribution in [3.8, 4) is 0 Å². The molecule has 2 unspecified atom stereocenters. The van der Waals surface area contributed by atoms with Crippen molar-refractivity contribution in [2.45, 2.75) is 33.2 Å². The predicted octanol–water partition coefficient (Wildman–Crippen LogP) is 0.197. The molecule has 0 aliphatic carbocycles. The minimum absolute atomic E-state index is 0.0756. The van der Waals surface area contributed by atoms with E-state index in [-0.39, 0.29) is 24.2 Å². The molecule has 0 aliphatic rings. The minimum Gasteiger partial charge on any atom is -0.480 e. The molecule has 4 N–H and O–H groups in total. The Kier molecular flexibility index (Phi) is 5.93. The molecule has 0 heterocycles. The van der Waals surface area contributed by atoms with Gasteiger partial charge in [-0.1, -0.05) is 20.8 Å². The Balaban J connectivity index is 4.18. The first-order valence-corrected chi connectivity index (χ1v) is 5.10. The third kappa shape index (κ3) is 5.37. The maximum Gasteiger partial charge on any atom is 0.326 e. The van der Waals surface area contributed by atoms with Gasteiger partial charge in [0.15, 0.2) is 0 Å². The molecule has 0 aromatic rings. The van der Waals surface area contributed by atoms with Gasteiger partial charge in [-0.3, -0.25) is 4.79 Å². The molecule has 0 aromatic carbocycles. The minimum atomic E-state index is -1.00. The first-order chi connectivity index (χ1) is 6.88. The lowest BCUT2D eigenvalue weighted by atomic mass is 10.0. The first kappa shape index (κ1) is 13.9. The van der Waals surface area contributed by atoms with Gasteiger partial charge in [0.05, 0.1) is 0 Å². The molecule has 0 bridgehead atoms. The second kappa shape index (κ2) is 6.40. The van der Waals surface area contributed by atoms with Crippen LogP contribution >= 0.6 is 0 Å². The molecule has 15 heavy (non-hydrogen) atoms. The highest BCUT2D eigenvalue weighted by Gasteiger charge is 2.23. The fourth-order valence-corrected chi connectivity index (χ4v) is 1.15. The van der Waals surface area contributed by atoms with Crippen molar-refractivity contribution in [1.29, 1.82) is 0 Å². The molecule has 1 amide bonds. The van der Waals surface area contributed by atoms with Gasteiger partial charge in [0.2, 0.25) is 5.91 Å². The summed E-state index contributed by atoms with van der Waals surface area (Å²) in [5, 5.41) is 11.3. The number of hydrogen-bond donors (Lipinski definition) is 3. The Hall–Kier alpha value is -1.10. The molecule has 0 saturated carbocycles. The number of rotatable bonds is 6. The first-order valence-electron chi connectivity index (χ1n) is 5.10. The van der Waals surface area contributed by atoms with E-state index in [4.69, 9.17) is 10.8 Å². The van der Waals surface area contributed by atoms with Crippen LogP contribution in [0, 0.1) is 11.8 Å². The van der Waals surface area contributed by atoms with Crippen LogP contribution < -0.4 is 11.1 Å². The van der Waals surface area contributed by atoms with Crippen molar-refractivity contribution >= 4 is 11.9 Å². The van der Waals surface area contributed by atoms with E-state index in [0.717, 1.165) is 0 Å². The highest BCUT2D eigenvalue weighted by Crippen LogP contribution is 2.04. The van der Waals surface area contributed by atoms with E-state index in [1.165, 1.54) is 0 Å². The lowest BCUT2D eigenvalue weighted by Crippen LogP contribution is -2.44. The van der Waals surface area contributed by atoms with E-state index < -0.39 is 12.0 Å². The van der Waals surface area contributed by atoms with Crippen molar-refractivity contribution in [3.63, 3.8) is 0 Å².